The molecule has 0 unspecified atom stereocenters. The van der Waals surface area contributed by atoms with Crippen LogP contribution in [0.4, 0.5) is 23.8 Å². The van der Waals surface area contributed by atoms with Crippen LogP contribution in [0.1, 0.15) is 30.0 Å². The molecule has 1 aliphatic carbocycles. The van der Waals surface area contributed by atoms with Gasteiger partial charge in [-0.2, -0.15) is 13.2 Å². The van der Waals surface area contributed by atoms with Crippen molar-refractivity contribution >= 4 is 17.8 Å². The summed E-state index contributed by atoms with van der Waals surface area (Å²) in [7, 11) is 0. The van der Waals surface area contributed by atoms with Gasteiger partial charge in [0.1, 0.15) is 29.2 Å². The number of pyridine rings is 1. The van der Waals surface area contributed by atoms with Crippen LogP contribution in [0.2, 0.25) is 0 Å². The quantitative estimate of drug-likeness (QED) is 0.478. The van der Waals surface area contributed by atoms with E-state index in [-0.39, 0.29) is 36.1 Å². The van der Waals surface area contributed by atoms with Crippen molar-refractivity contribution in [3.8, 4) is 5.75 Å². The molecule has 1 aromatic heterocycles. The number of allylic oxidation sites excluding steroid dienone is 4. The molecule has 3 N–H and O–H groups in total. The third-order valence-corrected chi connectivity index (χ3v) is 6.61. The maximum atomic E-state index is 13.1. The zero-order valence-corrected chi connectivity index (χ0v) is 20.4. The van der Waals surface area contributed by atoms with Crippen LogP contribution >= 0.6 is 0 Å². The molecule has 198 valence electrons. The summed E-state index contributed by atoms with van der Waals surface area (Å²) in [5.74, 6) is 2.10. The number of hydrogen-bond donors (Lipinski definition) is 3. The minimum absolute atomic E-state index is 0.0153. The van der Waals surface area contributed by atoms with E-state index in [0.717, 1.165) is 17.2 Å². The Morgan fingerprint density at radius 2 is 2.08 bits per heavy atom. The Hall–Kier alpha value is -4.28. The van der Waals surface area contributed by atoms with Crippen molar-refractivity contribution in [2.24, 2.45) is 5.92 Å². The van der Waals surface area contributed by atoms with E-state index >= 15 is 0 Å². The van der Waals surface area contributed by atoms with Crippen LogP contribution in [0, 0.1) is 5.92 Å². The molecule has 1 saturated heterocycles. The van der Waals surface area contributed by atoms with E-state index in [9.17, 15) is 22.8 Å². The molecule has 38 heavy (non-hydrogen) atoms. The van der Waals surface area contributed by atoms with Crippen molar-refractivity contribution in [3.05, 3.63) is 89.0 Å². The van der Waals surface area contributed by atoms with E-state index in [2.05, 4.69) is 27.5 Å². The number of aromatic nitrogens is 1. The van der Waals surface area contributed by atoms with Gasteiger partial charge in [0, 0.05) is 24.7 Å². The molecule has 0 radical (unpaired) electrons. The Balaban J connectivity index is 1.13. The number of hydrogen-bond acceptors (Lipinski definition) is 5. The van der Waals surface area contributed by atoms with Crippen LogP contribution < -0.4 is 20.7 Å². The lowest BCUT2D eigenvalue weighted by Crippen LogP contribution is -2.39. The van der Waals surface area contributed by atoms with Gasteiger partial charge in [0.15, 0.2) is 0 Å². The fourth-order valence-electron chi connectivity index (χ4n) is 4.63. The molecule has 1 aromatic carbocycles. The SMILES string of the molecule is C=C1/C(=C\C=C(/C)Oc2ccnc3c2CCC(=O)N3)O[C@@H]2[C@@H](NC(=O)NCc3ccccc3C(F)(F)F)[C@H]12. The summed E-state index contributed by atoms with van der Waals surface area (Å²) in [6.45, 7) is 5.60. The van der Waals surface area contributed by atoms with Crippen molar-refractivity contribution < 1.29 is 32.2 Å². The molecular weight excluding hydrogens is 501 g/mol. The van der Waals surface area contributed by atoms with Crippen LogP contribution in [-0.4, -0.2) is 29.1 Å². The highest BCUT2D eigenvalue weighted by atomic mass is 19.4. The van der Waals surface area contributed by atoms with Crippen LogP contribution in [0.5, 0.6) is 5.75 Å². The zero-order chi connectivity index (χ0) is 27.0. The first kappa shape index (κ1) is 25.4. The highest BCUT2D eigenvalue weighted by molar-refractivity contribution is 5.93. The smallest absolute Gasteiger partial charge is 0.416 e. The molecule has 11 heteroatoms. The van der Waals surface area contributed by atoms with E-state index in [1.807, 2.05) is 0 Å². The summed E-state index contributed by atoms with van der Waals surface area (Å²) in [6, 6.07) is 5.97. The minimum Gasteiger partial charge on any atom is -0.487 e. The summed E-state index contributed by atoms with van der Waals surface area (Å²) in [6.07, 6.45) is 1.18. The molecule has 5 rings (SSSR count). The number of nitrogens with zero attached hydrogens (tertiary/aromatic N) is 1. The first-order chi connectivity index (χ1) is 18.1. The number of ether oxygens (including phenoxy) is 2. The van der Waals surface area contributed by atoms with Gasteiger partial charge in [-0.1, -0.05) is 24.8 Å². The molecule has 1 saturated carbocycles. The van der Waals surface area contributed by atoms with Gasteiger partial charge in [-0.15, -0.1) is 0 Å². The molecule has 3 heterocycles. The topological polar surface area (TPSA) is 102 Å². The van der Waals surface area contributed by atoms with Crippen molar-refractivity contribution in [2.75, 3.05) is 5.32 Å². The number of benzene rings is 1. The number of alkyl halides is 3. The predicted octanol–water partition coefficient (Wildman–Crippen LogP) is 4.60. The molecule has 2 aliphatic heterocycles. The van der Waals surface area contributed by atoms with Crippen LogP contribution in [-0.2, 0) is 28.7 Å². The number of carbonyl (C=O) groups is 2. The number of rotatable bonds is 6. The Labute approximate surface area is 216 Å². The van der Waals surface area contributed by atoms with Gasteiger partial charge < -0.3 is 25.4 Å². The Bertz CT molecular complexity index is 1370. The van der Waals surface area contributed by atoms with Gasteiger partial charge in [0.05, 0.1) is 17.5 Å². The number of fused-ring (bicyclic) bond motifs is 2. The van der Waals surface area contributed by atoms with Crippen molar-refractivity contribution in [2.45, 2.75) is 44.6 Å². The normalized spacial score (nSPS) is 23.2. The Morgan fingerprint density at radius 3 is 2.82 bits per heavy atom. The van der Waals surface area contributed by atoms with Crippen molar-refractivity contribution in [1.29, 1.82) is 0 Å². The largest absolute Gasteiger partial charge is 0.487 e. The molecular formula is C27H25F3N4O4. The van der Waals surface area contributed by atoms with E-state index in [0.29, 0.717) is 35.9 Å². The summed E-state index contributed by atoms with van der Waals surface area (Å²) < 4.78 is 51.3. The maximum absolute atomic E-state index is 13.1. The van der Waals surface area contributed by atoms with Crippen molar-refractivity contribution in [1.82, 2.24) is 15.6 Å². The molecule has 2 aromatic rings. The van der Waals surface area contributed by atoms with Gasteiger partial charge in [-0.3, -0.25) is 4.79 Å². The second kappa shape index (κ2) is 9.88. The number of nitrogens with one attached hydrogen (secondary N) is 3. The molecule has 0 spiro atoms. The first-order valence-corrected chi connectivity index (χ1v) is 12.0. The fraction of sp³-hybridized carbons (Fsp3) is 0.296. The standard InChI is InChI=1S/C27H25F3N4O4/c1-14(37-20-11-12-31-25-17(20)8-10-21(35)33-25)7-9-19-15(2)22-23(24(22)38-19)34-26(36)32-13-16-5-3-4-6-18(16)27(28,29)30/h3-7,9,11-12,22-24H,2,8,10,13H2,1H3,(H,31,33,35)(H2,32,34,36)/b14-7+,19-9+/t22-,23-,24-/m0/s1. The van der Waals surface area contributed by atoms with Gasteiger partial charge in [0.25, 0.3) is 0 Å². The molecule has 3 amide bonds. The van der Waals surface area contributed by atoms with Gasteiger partial charge in [-0.05, 0) is 48.8 Å². The number of amides is 3. The maximum Gasteiger partial charge on any atom is 0.416 e. The van der Waals surface area contributed by atoms with Gasteiger partial charge in [-0.25, -0.2) is 9.78 Å². The third-order valence-electron chi connectivity index (χ3n) is 6.61. The van der Waals surface area contributed by atoms with Crippen LogP contribution in [0.15, 0.2) is 72.4 Å². The average Bonchev–Trinajstić information content (AvgIpc) is 3.43. The Morgan fingerprint density at radius 1 is 1.29 bits per heavy atom. The number of halogens is 3. The molecule has 0 bridgehead atoms. The summed E-state index contributed by atoms with van der Waals surface area (Å²) in [5, 5.41) is 7.96. The van der Waals surface area contributed by atoms with E-state index < -0.39 is 17.8 Å². The third kappa shape index (κ3) is 5.22. The molecule has 3 aliphatic rings. The number of carbonyl (C=O) groups excluding carboxylic acids is 2. The number of urea groups is 1. The zero-order valence-electron chi connectivity index (χ0n) is 20.4. The van der Waals surface area contributed by atoms with Crippen LogP contribution in [0.3, 0.4) is 0 Å². The van der Waals surface area contributed by atoms with E-state index in [1.54, 1.807) is 31.3 Å². The minimum atomic E-state index is -4.50. The van der Waals surface area contributed by atoms with E-state index in [4.69, 9.17) is 9.47 Å². The summed E-state index contributed by atoms with van der Waals surface area (Å²) in [4.78, 5) is 28.1. The molecule has 3 atom stereocenters. The number of anilines is 1. The first-order valence-electron chi connectivity index (χ1n) is 12.0. The van der Waals surface area contributed by atoms with Gasteiger partial charge in [0.2, 0.25) is 5.91 Å². The van der Waals surface area contributed by atoms with Crippen molar-refractivity contribution in [3.63, 3.8) is 0 Å². The van der Waals surface area contributed by atoms with Gasteiger partial charge >= 0.3 is 12.2 Å². The predicted molar refractivity (Wildman–Crippen MR) is 132 cm³/mol. The lowest BCUT2D eigenvalue weighted by atomic mass is 10.1. The lowest BCUT2D eigenvalue weighted by molar-refractivity contribution is -0.138. The second-order valence-electron chi connectivity index (χ2n) is 9.24. The highest BCUT2D eigenvalue weighted by Gasteiger charge is 2.60. The average molecular weight is 527 g/mol. The Kier molecular flexibility index (Phi) is 6.60. The van der Waals surface area contributed by atoms with E-state index in [1.165, 1.54) is 18.2 Å². The van der Waals surface area contributed by atoms with Crippen LogP contribution in [0.25, 0.3) is 0 Å². The fourth-order valence-corrected chi connectivity index (χ4v) is 4.63. The summed E-state index contributed by atoms with van der Waals surface area (Å²) >= 11 is 0. The summed E-state index contributed by atoms with van der Waals surface area (Å²) in [5.41, 5.74) is 0.761. The molecule has 2 fully saturated rings. The molecule has 8 nitrogen and oxygen atoms in total. The highest BCUT2D eigenvalue weighted by Crippen LogP contribution is 2.50. The lowest BCUT2D eigenvalue weighted by Gasteiger charge is -2.18. The monoisotopic (exact) mass is 526 g/mol. The second-order valence-corrected chi connectivity index (χ2v) is 9.24.